The van der Waals surface area contributed by atoms with E-state index in [2.05, 4.69) is 5.32 Å². The van der Waals surface area contributed by atoms with Gasteiger partial charge < -0.3 is 5.32 Å². The Bertz CT molecular complexity index is 1260. The lowest BCUT2D eigenvalue weighted by atomic mass is 9.97. The van der Waals surface area contributed by atoms with E-state index in [4.69, 9.17) is 0 Å². The fourth-order valence-corrected chi connectivity index (χ4v) is 5.42. The van der Waals surface area contributed by atoms with Crippen molar-refractivity contribution in [3.63, 3.8) is 0 Å². The van der Waals surface area contributed by atoms with E-state index in [-0.39, 0.29) is 29.7 Å². The maximum atomic E-state index is 13.2. The van der Waals surface area contributed by atoms with Crippen molar-refractivity contribution in [2.24, 2.45) is 5.92 Å². The quantitative estimate of drug-likeness (QED) is 0.555. The summed E-state index contributed by atoms with van der Waals surface area (Å²) in [5.41, 5.74) is 1.26. The number of anilines is 1. The maximum Gasteiger partial charge on any atom is 0.243 e. The Hall–Kier alpha value is -3.36. The van der Waals surface area contributed by atoms with E-state index in [1.165, 1.54) is 16.4 Å². The Labute approximate surface area is 192 Å². The fourth-order valence-electron chi connectivity index (χ4n) is 3.90. The molecule has 1 fully saturated rings. The Morgan fingerprint density at radius 3 is 2.30 bits per heavy atom. The number of benzene rings is 3. The van der Waals surface area contributed by atoms with Crippen molar-refractivity contribution in [2.75, 3.05) is 18.4 Å². The third kappa shape index (κ3) is 5.02. The molecule has 0 aliphatic carbocycles. The molecule has 1 aliphatic heterocycles. The molecule has 0 saturated carbocycles. The molecule has 3 aromatic rings. The molecule has 170 valence electrons. The van der Waals surface area contributed by atoms with Crippen LogP contribution in [0.15, 0.2) is 83.8 Å². The molecule has 1 N–H and O–H groups in total. The SMILES string of the molecule is O=C(c1ccccc1)c1ccccc1NC(=O)C1CCCN(S(=O)(=O)c2ccc(F)cc2)C1. The van der Waals surface area contributed by atoms with Crippen molar-refractivity contribution in [3.05, 3.63) is 95.8 Å². The number of carbonyl (C=O) groups excluding carboxylic acids is 2. The summed E-state index contributed by atoms with van der Waals surface area (Å²) >= 11 is 0. The number of nitrogens with zero attached hydrogens (tertiary/aromatic N) is 1. The van der Waals surface area contributed by atoms with Gasteiger partial charge >= 0.3 is 0 Å². The summed E-state index contributed by atoms with van der Waals surface area (Å²) in [6, 6.07) is 20.2. The number of sulfonamides is 1. The van der Waals surface area contributed by atoms with Crippen molar-refractivity contribution < 1.29 is 22.4 Å². The van der Waals surface area contributed by atoms with Crippen LogP contribution in [-0.2, 0) is 14.8 Å². The molecule has 0 radical (unpaired) electrons. The van der Waals surface area contributed by atoms with Gasteiger partial charge in [0.1, 0.15) is 5.82 Å². The number of piperidine rings is 1. The zero-order valence-corrected chi connectivity index (χ0v) is 18.6. The number of hydrogen-bond acceptors (Lipinski definition) is 4. The minimum atomic E-state index is -3.84. The minimum absolute atomic E-state index is 0.0104. The van der Waals surface area contributed by atoms with Gasteiger partial charge in [0.15, 0.2) is 5.78 Å². The van der Waals surface area contributed by atoms with Crippen molar-refractivity contribution in [3.8, 4) is 0 Å². The first-order valence-corrected chi connectivity index (χ1v) is 12.1. The molecule has 1 aliphatic rings. The van der Waals surface area contributed by atoms with Gasteiger partial charge in [-0.2, -0.15) is 4.31 Å². The highest BCUT2D eigenvalue weighted by atomic mass is 32.2. The highest BCUT2D eigenvalue weighted by molar-refractivity contribution is 7.89. The number of para-hydroxylation sites is 1. The van der Waals surface area contributed by atoms with Crippen LogP contribution in [0.25, 0.3) is 0 Å². The van der Waals surface area contributed by atoms with Crippen LogP contribution in [0.3, 0.4) is 0 Å². The van der Waals surface area contributed by atoms with Gasteiger partial charge in [0.25, 0.3) is 0 Å². The normalized spacial score (nSPS) is 16.8. The number of halogens is 1. The van der Waals surface area contributed by atoms with E-state index >= 15 is 0 Å². The van der Waals surface area contributed by atoms with Crippen LogP contribution in [0.5, 0.6) is 0 Å². The van der Waals surface area contributed by atoms with Crippen molar-refractivity contribution in [2.45, 2.75) is 17.7 Å². The van der Waals surface area contributed by atoms with Gasteiger partial charge in [-0.05, 0) is 49.2 Å². The van der Waals surface area contributed by atoms with Gasteiger partial charge in [0.05, 0.1) is 16.5 Å². The molecule has 0 aromatic heterocycles. The molecule has 33 heavy (non-hydrogen) atoms. The minimum Gasteiger partial charge on any atom is -0.325 e. The van der Waals surface area contributed by atoms with Crippen LogP contribution >= 0.6 is 0 Å². The zero-order valence-electron chi connectivity index (χ0n) is 17.8. The van der Waals surface area contributed by atoms with Crippen LogP contribution in [0.4, 0.5) is 10.1 Å². The molecule has 0 bridgehead atoms. The Balaban J connectivity index is 1.50. The van der Waals surface area contributed by atoms with Gasteiger partial charge in [-0.25, -0.2) is 12.8 Å². The molecule has 1 amide bonds. The molecule has 8 heteroatoms. The van der Waals surface area contributed by atoms with E-state index in [0.717, 1.165) is 12.1 Å². The largest absolute Gasteiger partial charge is 0.325 e. The van der Waals surface area contributed by atoms with E-state index in [1.54, 1.807) is 48.5 Å². The average Bonchev–Trinajstić information content (AvgIpc) is 2.85. The first kappa shape index (κ1) is 22.8. The van der Waals surface area contributed by atoms with E-state index < -0.39 is 21.8 Å². The third-order valence-electron chi connectivity index (χ3n) is 5.67. The van der Waals surface area contributed by atoms with Crippen molar-refractivity contribution in [1.82, 2.24) is 4.31 Å². The van der Waals surface area contributed by atoms with Gasteiger partial charge in [0, 0.05) is 24.2 Å². The third-order valence-corrected chi connectivity index (χ3v) is 7.55. The molecule has 1 saturated heterocycles. The monoisotopic (exact) mass is 466 g/mol. The van der Waals surface area contributed by atoms with Crippen LogP contribution in [0.2, 0.25) is 0 Å². The number of hydrogen-bond donors (Lipinski definition) is 1. The first-order chi connectivity index (χ1) is 15.9. The second-order valence-electron chi connectivity index (χ2n) is 7.89. The van der Waals surface area contributed by atoms with Gasteiger partial charge in [-0.3, -0.25) is 9.59 Å². The number of nitrogens with one attached hydrogen (secondary N) is 1. The standard InChI is InChI=1S/C25H23FN2O4S/c26-20-12-14-21(15-13-20)33(31,32)28-16-6-9-19(17-28)25(30)27-23-11-5-4-10-22(23)24(29)18-7-2-1-3-8-18/h1-5,7-8,10-15,19H,6,9,16-17H2,(H,27,30). The number of carbonyl (C=O) groups is 2. The summed E-state index contributed by atoms with van der Waals surface area (Å²) in [4.78, 5) is 26.0. The summed E-state index contributed by atoms with van der Waals surface area (Å²) in [7, 11) is -3.84. The summed E-state index contributed by atoms with van der Waals surface area (Å²) in [5.74, 6) is -1.65. The molecular weight excluding hydrogens is 443 g/mol. The molecule has 4 rings (SSSR count). The summed E-state index contributed by atoms with van der Waals surface area (Å²) in [6.07, 6.45) is 1.04. The summed E-state index contributed by atoms with van der Waals surface area (Å²) in [5, 5.41) is 2.82. The maximum absolute atomic E-state index is 13.2. The van der Waals surface area contributed by atoms with Crippen LogP contribution in [-0.4, -0.2) is 37.5 Å². The fraction of sp³-hybridized carbons (Fsp3) is 0.200. The molecular formula is C25H23FN2O4S. The zero-order chi connectivity index (χ0) is 23.4. The lowest BCUT2D eigenvalue weighted by Gasteiger charge is -2.31. The van der Waals surface area contributed by atoms with Crippen LogP contribution in [0.1, 0.15) is 28.8 Å². The second-order valence-corrected chi connectivity index (χ2v) is 9.82. The van der Waals surface area contributed by atoms with E-state index in [1.807, 2.05) is 6.07 Å². The van der Waals surface area contributed by atoms with Crippen molar-refractivity contribution >= 4 is 27.4 Å². The van der Waals surface area contributed by atoms with Gasteiger partial charge in [-0.15, -0.1) is 0 Å². The number of amides is 1. The predicted octanol–water partition coefficient (Wildman–Crippen LogP) is 4.10. The van der Waals surface area contributed by atoms with Gasteiger partial charge in [-0.1, -0.05) is 42.5 Å². The lowest BCUT2D eigenvalue weighted by molar-refractivity contribution is -0.120. The van der Waals surface area contributed by atoms with Crippen LogP contribution < -0.4 is 5.32 Å². The topological polar surface area (TPSA) is 83.6 Å². The van der Waals surface area contributed by atoms with E-state index in [0.29, 0.717) is 29.7 Å². The molecule has 1 heterocycles. The predicted molar refractivity (Wildman–Crippen MR) is 123 cm³/mol. The lowest BCUT2D eigenvalue weighted by Crippen LogP contribution is -2.43. The molecule has 6 nitrogen and oxygen atoms in total. The Morgan fingerprint density at radius 1 is 0.909 bits per heavy atom. The Morgan fingerprint density at radius 2 is 1.58 bits per heavy atom. The highest BCUT2D eigenvalue weighted by Gasteiger charge is 2.33. The summed E-state index contributed by atoms with van der Waals surface area (Å²) < 4.78 is 40.4. The first-order valence-electron chi connectivity index (χ1n) is 10.6. The van der Waals surface area contributed by atoms with Crippen molar-refractivity contribution in [1.29, 1.82) is 0 Å². The molecule has 0 spiro atoms. The summed E-state index contributed by atoms with van der Waals surface area (Å²) in [6.45, 7) is 0.299. The van der Waals surface area contributed by atoms with Gasteiger partial charge in [0.2, 0.25) is 15.9 Å². The van der Waals surface area contributed by atoms with E-state index in [9.17, 15) is 22.4 Å². The smallest absolute Gasteiger partial charge is 0.243 e. The van der Waals surface area contributed by atoms with Crippen LogP contribution in [0, 0.1) is 11.7 Å². The number of ketones is 1. The molecule has 1 unspecified atom stereocenters. The average molecular weight is 467 g/mol. The molecule has 1 atom stereocenters. The Kier molecular flexibility index (Phi) is 6.67. The highest BCUT2D eigenvalue weighted by Crippen LogP contribution is 2.26. The number of rotatable bonds is 6. The second kappa shape index (κ2) is 9.64. The molecule has 3 aromatic carbocycles.